The number of carbonyl (C=O) groups is 5. The summed E-state index contributed by atoms with van der Waals surface area (Å²) in [5, 5.41) is 12.3. The number of imidazole rings is 1. The van der Waals surface area contributed by atoms with Crippen LogP contribution in [0.5, 0.6) is 0 Å². The molecule has 14 nitrogen and oxygen atoms in total. The zero-order valence-electron chi connectivity index (χ0n) is 37.1. The van der Waals surface area contributed by atoms with Crippen LogP contribution < -0.4 is 27.0 Å². The Balaban J connectivity index is 0.800. The van der Waals surface area contributed by atoms with Crippen molar-refractivity contribution >= 4 is 75.1 Å². The lowest BCUT2D eigenvalue weighted by Crippen LogP contribution is -2.60. The van der Waals surface area contributed by atoms with Crippen molar-refractivity contribution in [2.24, 2.45) is 7.05 Å². The molecule has 68 heavy (non-hydrogen) atoms. The first-order valence-electron chi connectivity index (χ1n) is 23.0. The number of ether oxygens (including phenoxy) is 1. The fraction of sp³-hybridized carbons (Fsp3) is 0.373. The number of fused-ring (bicyclic) bond motifs is 4. The highest BCUT2D eigenvalue weighted by atomic mass is 35.5. The van der Waals surface area contributed by atoms with Crippen molar-refractivity contribution < 1.29 is 33.1 Å². The van der Waals surface area contributed by atoms with Crippen molar-refractivity contribution in [2.75, 3.05) is 30.3 Å². The number of nitrogens with zero attached hydrogens (tertiary/aromatic N) is 3. The van der Waals surface area contributed by atoms with E-state index in [9.17, 15) is 28.8 Å². The van der Waals surface area contributed by atoms with Gasteiger partial charge in [0.15, 0.2) is 0 Å². The Morgan fingerprint density at radius 2 is 1.66 bits per heavy atom. The van der Waals surface area contributed by atoms with E-state index in [0.29, 0.717) is 82.9 Å². The zero-order valence-corrected chi connectivity index (χ0v) is 38.6. The van der Waals surface area contributed by atoms with Crippen molar-refractivity contribution in [1.29, 1.82) is 0 Å². The number of piperidine rings is 2. The zero-order chi connectivity index (χ0) is 47.5. The van der Waals surface area contributed by atoms with Crippen LogP contribution in [0.1, 0.15) is 96.8 Å². The van der Waals surface area contributed by atoms with Crippen LogP contribution in [0.15, 0.2) is 83.7 Å². The minimum Gasteiger partial charge on any atom is -0.365 e. The molecule has 1 aliphatic carbocycles. The molecule has 10 rings (SSSR count). The molecule has 5 heterocycles. The maximum absolute atomic E-state index is 16.3. The second kappa shape index (κ2) is 18.0. The molecule has 1 unspecified atom stereocenters. The molecular formula is C51H48Cl2FN7O7. The lowest BCUT2D eigenvalue weighted by molar-refractivity contribution is -0.135. The van der Waals surface area contributed by atoms with E-state index in [2.05, 4.69) is 33.1 Å². The summed E-state index contributed by atoms with van der Waals surface area (Å²) in [5.41, 5.74) is 1.36. The molecule has 1 saturated carbocycles. The smallest absolute Gasteiger partial charge is 0.329 e. The quantitative estimate of drug-likeness (QED) is 0.103. The Morgan fingerprint density at radius 1 is 0.912 bits per heavy atom. The van der Waals surface area contributed by atoms with Crippen LogP contribution in [-0.2, 0) is 36.4 Å². The minimum absolute atomic E-state index is 0.110. The molecule has 4 fully saturated rings. The number of rotatable bonds is 7. The summed E-state index contributed by atoms with van der Waals surface area (Å²) in [6.07, 6.45) is 5.23. The fourth-order valence-electron chi connectivity index (χ4n) is 11.6. The number of imide groups is 1. The molecule has 350 valence electrons. The average molecular weight is 961 g/mol. The summed E-state index contributed by atoms with van der Waals surface area (Å²) < 4.78 is 25.3. The third-order valence-corrected chi connectivity index (χ3v) is 15.2. The number of halogens is 3. The van der Waals surface area contributed by atoms with Gasteiger partial charge in [0.2, 0.25) is 23.6 Å². The number of benzene rings is 4. The van der Waals surface area contributed by atoms with Gasteiger partial charge in [-0.1, -0.05) is 78.6 Å². The summed E-state index contributed by atoms with van der Waals surface area (Å²) in [6, 6.07) is 20.1. The highest BCUT2D eigenvalue weighted by Crippen LogP contribution is 2.63. The van der Waals surface area contributed by atoms with E-state index in [4.69, 9.17) is 27.9 Å². The van der Waals surface area contributed by atoms with Crippen LogP contribution in [0, 0.1) is 17.7 Å². The van der Waals surface area contributed by atoms with Gasteiger partial charge in [-0.3, -0.25) is 43.7 Å². The van der Waals surface area contributed by atoms with Gasteiger partial charge in [-0.25, -0.2) is 9.18 Å². The first-order chi connectivity index (χ1) is 32.8. The maximum Gasteiger partial charge on any atom is 0.329 e. The summed E-state index contributed by atoms with van der Waals surface area (Å²) >= 11 is 12.8. The molecule has 5 amide bonds. The number of hydrogen-bond acceptors (Lipinski definition) is 8. The van der Waals surface area contributed by atoms with Gasteiger partial charge >= 0.3 is 5.69 Å². The van der Waals surface area contributed by atoms with Gasteiger partial charge in [-0.15, -0.1) is 0 Å². The molecule has 5 aliphatic rings. The summed E-state index contributed by atoms with van der Waals surface area (Å²) in [5.74, 6) is 2.71. The van der Waals surface area contributed by atoms with Gasteiger partial charge in [-0.2, -0.15) is 0 Å². The van der Waals surface area contributed by atoms with Crippen molar-refractivity contribution in [2.45, 2.75) is 92.8 Å². The third-order valence-electron chi connectivity index (χ3n) is 14.7. The number of anilines is 2. The van der Waals surface area contributed by atoms with Crippen LogP contribution in [0.4, 0.5) is 15.8 Å². The first kappa shape index (κ1) is 45.5. The molecule has 4 aliphatic heterocycles. The molecular weight excluding hydrogens is 913 g/mol. The predicted octanol–water partition coefficient (Wildman–Crippen LogP) is 6.72. The van der Waals surface area contributed by atoms with Gasteiger partial charge in [0.1, 0.15) is 23.9 Å². The monoisotopic (exact) mass is 959 g/mol. The van der Waals surface area contributed by atoms with Crippen molar-refractivity contribution in [3.63, 3.8) is 0 Å². The van der Waals surface area contributed by atoms with E-state index in [0.717, 1.165) is 19.3 Å². The van der Waals surface area contributed by atoms with E-state index in [1.165, 1.54) is 15.2 Å². The molecule has 4 atom stereocenters. The standard InChI is InChI=1S/C51H48Cl2FN7O7/c1-59-44-29(8-5-12-38(44)61(49(59)67)39-19-20-40(62)57-45(39)63)9-7-27-68-33-21-25-60(26-22-33)47(65)30-13-16-32(17-14-30)55-46(64)43-41(34-10-6-11-36(53)42(34)54)51(50(58-43)23-3-2-4-24-50)35-18-15-31(52)28-37(35)56-48(51)66/h5-6,8,10-18,28,33,39,41,43,58H,2-4,19-27H2,1H3,(H,55,64)(H,56,66)(H,57,62,63)/t39?,41-,43+,51+/m0/s1. The minimum atomic E-state index is -1.36. The number of carbonyl (C=O) groups excluding carboxylic acids is 5. The average Bonchev–Trinajstić information content (AvgIpc) is 3.89. The fourth-order valence-corrected chi connectivity index (χ4v) is 12.0. The Bertz CT molecular complexity index is 3040. The van der Waals surface area contributed by atoms with E-state index in [-0.39, 0.29) is 59.5 Å². The molecule has 2 spiro atoms. The van der Waals surface area contributed by atoms with Gasteiger partial charge in [-0.05, 0) is 97.8 Å². The molecule has 1 aromatic heterocycles. The van der Waals surface area contributed by atoms with Crippen molar-refractivity contribution in [1.82, 2.24) is 24.7 Å². The Morgan fingerprint density at radius 3 is 2.41 bits per heavy atom. The molecule has 4 N–H and O–H groups in total. The lowest BCUT2D eigenvalue weighted by atomic mass is 9.55. The summed E-state index contributed by atoms with van der Waals surface area (Å²) in [6.45, 7) is 1.06. The Kier molecular flexibility index (Phi) is 12.0. The third kappa shape index (κ3) is 7.58. The van der Waals surface area contributed by atoms with Crippen LogP contribution >= 0.6 is 23.2 Å². The summed E-state index contributed by atoms with van der Waals surface area (Å²) in [7, 11) is 1.63. The van der Waals surface area contributed by atoms with Crippen molar-refractivity contribution in [3.8, 4) is 11.8 Å². The summed E-state index contributed by atoms with van der Waals surface area (Å²) in [4.78, 5) is 82.4. The van der Waals surface area contributed by atoms with Crippen LogP contribution in [0.3, 0.4) is 0 Å². The van der Waals surface area contributed by atoms with Crippen LogP contribution in [-0.4, -0.2) is 81.0 Å². The number of hydrogen-bond donors (Lipinski definition) is 4. The van der Waals surface area contributed by atoms with E-state index in [1.54, 1.807) is 78.7 Å². The molecule has 3 saturated heterocycles. The maximum atomic E-state index is 16.3. The van der Waals surface area contributed by atoms with E-state index in [1.807, 2.05) is 6.07 Å². The van der Waals surface area contributed by atoms with Crippen LogP contribution in [0.2, 0.25) is 10.0 Å². The molecule has 0 bridgehead atoms. The normalized spacial score (nSPS) is 23.3. The largest absolute Gasteiger partial charge is 0.365 e. The second-order valence-corrected chi connectivity index (χ2v) is 19.2. The SMILES string of the molecule is Cn1c(=O)n(C2CCC(=O)NC2=O)c2cccc(C#CCOC3CCN(C(=O)c4ccc(NC(=O)[C@@H]5NC6(CCCCC6)[C@@]6(C(=O)Nc7cc(Cl)ccc76)[C@H]5c5cccc(Cl)c5F)cc4)CC3)c21. The number of aryl methyl sites for hydroxylation is 1. The number of aromatic nitrogens is 2. The topological polar surface area (TPSA) is 173 Å². The number of para-hydroxylation sites is 1. The first-order valence-corrected chi connectivity index (χ1v) is 23.7. The Labute approximate surface area is 400 Å². The molecule has 5 aromatic rings. The molecule has 0 radical (unpaired) electrons. The van der Waals surface area contributed by atoms with Gasteiger partial charge in [0, 0.05) is 60.0 Å². The number of likely N-dealkylation sites (tertiary alicyclic amines) is 1. The lowest BCUT2D eigenvalue weighted by Gasteiger charge is -2.47. The number of amides is 5. The van der Waals surface area contributed by atoms with Crippen LogP contribution in [0.25, 0.3) is 11.0 Å². The van der Waals surface area contributed by atoms with E-state index < -0.39 is 46.6 Å². The van der Waals surface area contributed by atoms with Crippen molar-refractivity contribution in [3.05, 3.63) is 127 Å². The Hall–Kier alpha value is -6.31. The highest BCUT2D eigenvalue weighted by Gasteiger charge is 2.72. The van der Waals surface area contributed by atoms with E-state index >= 15 is 4.39 Å². The van der Waals surface area contributed by atoms with Gasteiger partial charge < -0.3 is 20.3 Å². The molecule has 4 aromatic carbocycles. The number of nitrogens with one attached hydrogen (secondary N) is 4. The predicted molar refractivity (Wildman–Crippen MR) is 254 cm³/mol. The van der Waals surface area contributed by atoms with Gasteiger partial charge in [0.05, 0.1) is 33.8 Å². The highest BCUT2D eigenvalue weighted by molar-refractivity contribution is 6.31. The second-order valence-electron chi connectivity index (χ2n) is 18.4. The molecule has 17 heteroatoms. The van der Waals surface area contributed by atoms with Gasteiger partial charge in [0.25, 0.3) is 5.91 Å².